The lowest BCUT2D eigenvalue weighted by Crippen LogP contribution is -2.39. The van der Waals surface area contributed by atoms with Gasteiger partial charge in [-0.1, -0.05) is 11.6 Å². The van der Waals surface area contributed by atoms with Crippen LogP contribution in [0.2, 0.25) is 5.02 Å². The second kappa shape index (κ2) is 4.48. The van der Waals surface area contributed by atoms with Gasteiger partial charge in [-0.3, -0.25) is 0 Å². The molecule has 1 unspecified atom stereocenters. The number of halogens is 1. The molecule has 0 aliphatic rings. The number of aromatic nitrogens is 2. The lowest BCUT2D eigenvalue weighted by atomic mass is 10.1. The highest BCUT2D eigenvalue weighted by Crippen LogP contribution is 2.28. The van der Waals surface area contributed by atoms with Crippen LogP contribution in [-0.4, -0.2) is 22.4 Å². The topological polar surface area (TPSA) is 76.9 Å². The summed E-state index contributed by atoms with van der Waals surface area (Å²) >= 11 is 5.92. The molecule has 1 heterocycles. The van der Waals surface area contributed by atoms with Crippen LogP contribution in [0.25, 0.3) is 10.9 Å². The maximum atomic E-state index is 8.96. The number of rotatable bonds is 3. The molecule has 5 nitrogen and oxygen atoms in total. The van der Waals surface area contributed by atoms with Gasteiger partial charge in [0.1, 0.15) is 5.54 Å². The van der Waals surface area contributed by atoms with Gasteiger partial charge in [0, 0.05) is 5.02 Å². The Morgan fingerprint density at radius 1 is 1.61 bits per heavy atom. The Kier molecular flexibility index (Phi) is 3.16. The number of methoxy groups -OCH3 is 1. The summed E-state index contributed by atoms with van der Waals surface area (Å²) < 4.78 is 6.91. The van der Waals surface area contributed by atoms with Crippen molar-refractivity contribution in [1.82, 2.24) is 9.78 Å². The van der Waals surface area contributed by atoms with E-state index in [1.807, 2.05) is 12.1 Å². The molecule has 2 N–H and O–H groups in total. The molecule has 94 valence electrons. The van der Waals surface area contributed by atoms with Crippen molar-refractivity contribution in [2.45, 2.75) is 19.0 Å². The van der Waals surface area contributed by atoms with Gasteiger partial charge in [-0.15, -0.1) is 0 Å². The molecule has 1 aromatic carbocycles. The zero-order valence-electron chi connectivity index (χ0n) is 10.1. The summed E-state index contributed by atoms with van der Waals surface area (Å²) in [4.78, 5) is 0. The van der Waals surface area contributed by atoms with Crippen molar-refractivity contribution in [1.29, 1.82) is 5.26 Å². The molecule has 0 fully saturated rings. The summed E-state index contributed by atoms with van der Waals surface area (Å²) in [6.07, 6.45) is 0. The monoisotopic (exact) mass is 264 g/mol. The van der Waals surface area contributed by atoms with Crippen LogP contribution >= 0.6 is 11.6 Å². The van der Waals surface area contributed by atoms with Crippen LogP contribution in [0, 0.1) is 11.3 Å². The highest BCUT2D eigenvalue weighted by atomic mass is 35.5. The number of ether oxygens (including phenoxy) is 1. The summed E-state index contributed by atoms with van der Waals surface area (Å²) in [5.41, 5.74) is 5.53. The Hall–Kier alpha value is -1.77. The molecule has 1 atom stereocenters. The van der Waals surface area contributed by atoms with E-state index in [4.69, 9.17) is 27.3 Å². The van der Waals surface area contributed by atoms with Gasteiger partial charge in [-0.05, 0) is 25.1 Å². The minimum atomic E-state index is -1.00. The molecule has 0 radical (unpaired) electrons. The quantitative estimate of drug-likeness (QED) is 0.919. The molecule has 0 aliphatic heterocycles. The Morgan fingerprint density at radius 2 is 2.33 bits per heavy atom. The Bertz CT molecular complexity index is 627. The van der Waals surface area contributed by atoms with Crippen molar-refractivity contribution < 1.29 is 4.74 Å². The van der Waals surface area contributed by atoms with Gasteiger partial charge in [0.05, 0.1) is 30.6 Å². The normalized spacial score (nSPS) is 14.2. The van der Waals surface area contributed by atoms with Crippen LogP contribution in [0.1, 0.15) is 6.92 Å². The van der Waals surface area contributed by atoms with Crippen LogP contribution < -0.4 is 10.5 Å². The number of hydrogen-bond acceptors (Lipinski definition) is 4. The zero-order chi connectivity index (χ0) is 13.3. The van der Waals surface area contributed by atoms with E-state index in [-0.39, 0.29) is 6.54 Å². The molecule has 2 aromatic rings. The summed E-state index contributed by atoms with van der Waals surface area (Å²) in [7, 11) is 1.56. The molecule has 0 bridgehead atoms. The van der Waals surface area contributed by atoms with E-state index in [9.17, 15) is 0 Å². The number of nitrogens with zero attached hydrogens (tertiary/aromatic N) is 3. The van der Waals surface area contributed by atoms with Gasteiger partial charge in [0.15, 0.2) is 0 Å². The van der Waals surface area contributed by atoms with E-state index in [0.29, 0.717) is 16.4 Å². The van der Waals surface area contributed by atoms with Crippen molar-refractivity contribution >= 4 is 22.5 Å². The first-order chi connectivity index (χ1) is 8.46. The standard InChI is InChI=1S/C12H13ClN4O/c1-12(15,6-14)7-17-11(18-2)9-4-3-8(13)5-10(9)16-17/h3-5H,7,15H2,1-2H3. The lowest BCUT2D eigenvalue weighted by Gasteiger charge is -2.16. The van der Waals surface area contributed by atoms with Gasteiger partial charge in [0.2, 0.25) is 5.88 Å². The average Bonchev–Trinajstić information content (AvgIpc) is 2.64. The van der Waals surface area contributed by atoms with Crippen LogP contribution in [0.4, 0.5) is 0 Å². The summed E-state index contributed by atoms with van der Waals surface area (Å²) in [6.45, 7) is 1.89. The van der Waals surface area contributed by atoms with Crippen molar-refractivity contribution in [3.05, 3.63) is 23.2 Å². The van der Waals surface area contributed by atoms with E-state index >= 15 is 0 Å². The molecular weight excluding hydrogens is 252 g/mol. The smallest absolute Gasteiger partial charge is 0.219 e. The average molecular weight is 265 g/mol. The first-order valence-corrected chi connectivity index (χ1v) is 5.75. The Balaban J connectivity index is 2.54. The zero-order valence-corrected chi connectivity index (χ0v) is 10.9. The fraction of sp³-hybridized carbons (Fsp3) is 0.333. The van der Waals surface area contributed by atoms with Crippen molar-refractivity contribution in [2.75, 3.05) is 7.11 Å². The van der Waals surface area contributed by atoms with Crippen molar-refractivity contribution in [2.24, 2.45) is 5.73 Å². The summed E-state index contributed by atoms with van der Waals surface area (Å²) in [5, 5.41) is 14.8. The summed E-state index contributed by atoms with van der Waals surface area (Å²) in [6, 6.07) is 7.38. The van der Waals surface area contributed by atoms with E-state index in [1.165, 1.54) is 0 Å². The lowest BCUT2D eigenvalue weighted by molar-refractivity contribution is 0.343. The first-order valence-electron chi connectivity index (χ1n) is 5.37. The molecule has 0 amide bonds. The highest BCUT2D eigenvalue weighted by Gasteiger charge is 2.22. The van der Waals surface area contributed by atoms with E-state index in [1.54, 1.807) is 30.8 Å². The maximum Gasteiger partial charge on any atom is 0.219 e. The molecule has 1 aromatic heterocycles. The Morgan fingerprint density at radius 3 is 2.94 bits per heavy atom. The number of hydrogen-bond donors (Lipinski definition) is 1. The van der Waals surface area contributed by atoms with Gasteiger partial charge in [0.25, 0.3) is 0 Å². The number of nitriles is 1. The third-order valence-corrected chi connectivity index (χ3v) is 2.82. The third-order valence-electron chi connectivity index (χ3n) is 2.58. The molecule has 0 saturated carbocycles. The fourth-order valence-electron chi connectivity index (χ4n) is 1.75. The first kappa shape index (κ1) is 12.7. The van der Waals surface area contributed by atoms with Crippen molar-refractivity contribution in [3.8, 4) is 11.9 Å². The van der Waals surface area contributed by atoms with Crippen molar-refractivity contribution in [3.63, 3.8) is 0 Å². The van der Waals surface area contributed by atoms with Gasteiger partial charge in [-0.25, -0.2) is 4.68 Å². The second-order valence-corrected chi connectivity index (χ2v) is 4.79. The van der Waals surface area contributed by atoms with Crippen LogP contribution in [0.5, 0.6) is 5.88 Å². The van der Waals surface area contributed by atoms with Crippen LogP contribution in [0.15, 0.2) is 18.2 Å². The third kappa shape index (κ3) is 2.26. The maximum absolute atomic E-state index is 8.96. The number of nitrogens with two attached hydrogens (primary N) is 1. The van der Waals surface area contributed by atoms with E-state index in [2.05, 4.69) is 5.10 Å². The van der Waals surface area contributed by atoms with Gasteiger partial charge in [-0.2, -0.15) is 10.4 Å². The van der Waals surface area contributed by atoms with E-state index in [0.717, 1.165) is 5.39 Å². The largest absolute Gasteiger partial charge is 0.481 e. The SMILES string of the molecule is COc1c2ccc(Cl)cc2nn1CC(C)(N)C#N. The highest BCUT2D eigenvalue weighted by molar-refractivity contribution is 6.31. The van der Waals surface area contributed by atoms with Crippen LogP contribution in [-0.2, 0) is 6.54 Å². The fourth-order valence-corrected chi connectivity index (χ4v) is 1.92. The number of benzene rings is 1. The number of fused-ring (bicyclic) bond motifs is 1. The Labute approximate surface area is 110 Å². The van der Waals surface area contributed by atoms with E-state index < -0.39 is 5.54 Å². The molecule has 2 rings (SSSR count). The van der Waals surface area contributed by atoms with Gasteiger partial charge < -0.3 is 10.5 Å². The predicted octanol–water partition coefficient (Wildman–Crippen LogP) is 1.94. The molecule has 0 saturated heterocycles. The minimum Gasteiger partial charge on any atom is -0.481 e. The van der Waals surface area contributed by atoms with Gasteiger partial charge >= 0.3 is 0 Å². The molecular formula is C12H13ClN4O. The molecule has 6 heteroatoms. The molecule has 18 heavy (non-hydrogen) atoms. The minimum absolute atomic E-state index is 0.249. The predicted molar refractivity (Wildman–Crippen MR) is 69.5 cm³/mol. The second-order valence-electron chi connectivity index (χ2n) is 4.36. The summed E-state index contributed by atoms with van der Waals surface area (Å²) in [5.74, 6) is 0.577. The molecule has 0 spiro atoms. The molecule has 0 aliphatic carbocycles. The van der Waals surface area contributed by atoms with Crippen LogP contribution in [0.3, 0.4) is 0 Å².